The molecule has 1 rings (SSSR count). The van der Waals surface area contributed by atoms with Gasteiger partial charge in [-0.1, -0.05) is 13.8 Å². The van der Waals surface area contributed by atoms with E-state index in [0.29, 0.717) is 0 Å². The van der Waals surface area contributed by atoms with Crippen molar-refractivity contribution in [2.75, 3.05) is 0 Å². The van der Waals surface area contributed by atoms with Gasteiger partial charge in [0.2, 0.25) is 0 Å². The number of hydrogen-bond acceptors (Lipinski definition) is 2. The molecule has 0 aliphatic heterocycles. The Labute approximate surface area is 54.7 Å². The van der Waals surface area contributed by atoms with Gasteiger partial charge in [-0.2, -0.15) is 10.5 Å². The quantitative estimate of drug-likeness (QED) is 0.483. The van der Waals surface area contributed by atoms with Gasteiger partial charge in [0.05, 0.1) is 12.1 Å². The number of rotatable bonds is 0. The molecular weight excluding hydrogens is 112 g/mol. The van der Waals surface area contributed by atoms with E-state index in [9.17, 15) is 0 Å². The zero-order valence-corrected chi connectivity index (χ0v) is 5.55. The van der Waals surface area contributed by atoms with Gasteiger partial charge < -0.3 is 0 Å². The van der Waals surface area contributed by atoms with Gasteiger partial charge in [0, 0.05) is 0 Å². The van der Waals surface area contributed by atoms with Crippen LogP contribution in [-0.4, -0.2) is 0 Å². The molecule has 0 radical (unpaired) electrons. The first-order chi connectivity index (χ1) is 4.19. The van der Waals surface area contributed by atoms with Crippen molar-refractivity contribution in [2.45, 2.75) is 13.8 Å². The zero-order chi connectivity index (χ0) is 7.07. The Morgan fingerprint density at radius 2 is 1.44 bits per heavy atom. The van der Waals surface area contributed by atoms with Crippen LogP contribution in [0.1, 0.15) is 13.8 Å². The molecule has 2 heteroatoms. The number of hydrogen-bond donors (Lipinski definition) is 0. The third-order valence-electron chi connectivity index (χ3n) is 2.45. The molecule has 0 saturated heterocycles. The molecule has 0 amide bonds. The second-order valence-electron chi connectivity index (χ2n) is 2.67. The van der Waals surface area contributed by atoms with Crippen LogP contribution in [0.2, 0.25) is 0 Å². The minimum absolute atomic E-state index is 0.271. The minimum atomic E-state index is -0.639. The average Bonchev–Trinajstić information content (AvgIpc) is 2.39. The van der Waals surface area contributed by atoms with E-state index < -0.39 is 5.41 Å². The molecule has 2 nitrogen and oxygen atoms in total. The summed E-state index contributed by atoms with van der Waals surface area (Å²) in [5.41, 5.74) is -0.639. The lowest BCUT2D eigenvalue weighted by Gasteiger charge is -1.86. The molecule has 46 valence electrons. The van der Waals surface area contributed by atoms with E-state index in [1.54, 1.807) is 0 Å². The normalized spacial score (nSPS) is 36.4. The van der Waals surface area contributed by atoms with Crippen LogP contribution >= 0.6 is 0 Å². The first-order valence-electron chi connectivity index (χ1n) is 3.01. The SMILES string of the molecule is CC1C(C)C1(C#N)C#N. The summed E-state index contributed by atoms with van der Waals surface area (Å²) in [5, 5.41) is 17.0. The fourth-order valence-corrected chi connectivity index (χ4v) is 1.21. The first kappa shape index (κ1) is 6.11. The van der Waals surface area contributed by atoms with Gasteiger partial charge in [-0.25, -0.2) is 0 Å². The van der Waals surface area contributed by atoms with Gasteiger partial charge in [0.15, 0.2) is 0 Å². The van der Waals surface area contributed by atoms with Crippen molar-refractivity contribution >= 4 is 0 Å². The third-order valence-corrected chi connectivity index (χ3v) is 2.45. The molecule has 2 unspecified atom stereocenters. The Hall–Kier alpha value is -1.02. The maximum atomic E-state index is 8.52. The first-order valence-corrected chi connectivity index (χ1v) is 3.01. The maximum absolute atomic E-state index is 8.52. The maximum Gasteiger partial charge on any atom is 0.149 e. The van der Waals surface area contributed by atoms with Crippen LogP contribution in [0.4, 0.5) is 0 Å². The molecule has 1 aliphatic carbocycles. The summed E-state index contributed by atoms with van der Waals surface area (Å²) in [4.78, 5) is 0. The lowest BCUT2D eigenvalue weighted by molar-refractivity contribution is 0.762. The molecule has 0 aromatic carbocycles. The molecule has 0 heterocycles. The Balaban J connectivity index is 2.84. The number of nitrogens with zero attached hydrogens (tertiary/aromatic N) is 2. The number of nitriles is 2. The molecule has 1 saturated carbocycles. The lowest BCUT2D eigenvalue weighted by atomic mass is 10.1. The monoisotopic (exact) mass is 120 g/mol. The van der Waals surface area contributed by atoms with Gasteiger partial charge in [-0.05, 0) is 11.8 Å². The largest absolute Gasteiger partial charge is 0.197 e. The van der Waals surface area contributed by atoms with E-state index in [2.05, 4.69) is 0 Å². The topological polar surface area (TPSA) is 47.6 Å². The highest BCUT2D eigenvalue weighted by molar-refractivity contribution is 5.30. The van der Waals surface area contributed by atoms with Crippen LogP contribution < -0.4 is 0 Å². The molecule has 9 heavy (non-hydrogen) atoms. The van der Waals surface area contributed by atoms with Crippen LogP contribution in [0.3, 0.4) is 0 Å². The summed E-state index contributed by atoms with van der Waals surface area (Å²) < 4.78 is 0. The van der Waals surface area contributed by atoms with Crippen molar-refractivity contribution in [3.8, 4) is 12.1 Å². The standard InChI is InChI=1S/C7H8N2/c1-5-6(2)7(5,3-8)4-9/h5-6H,1-2H3. The second-order valence-corrected chi connectivity index (χ2v) is 2.67. The molecule has 0 bridgehead atoms. The summed E-state index contributed by atoms with van der Waals surface area (Å²) in [6.45, 7) is 3.88. The highest BCUT2D eigenvalue weighted by Crippen LogP contribution is 2.57. The fourth-order valence-electron chi connectivity index (χ4n) is 1.21. The van der Waals surface area contributed by atoms with Gasteiger partial charge in [-0.3, -0.25) is 0 Å². The molecule has 0 N–H and O–H groups in total. The Kier molecular flexibility index (Phi) is 1.01. The van der Waals surface area contributed by atoms with E-state index in [0.717, 1.165) is 0 Å². The smallest absolute Gasteiger partial charge is 0.149 e. The van der Waals surface area contributed by atoms with E-state index in [1.165, 1.54) is 0 Å². The van der Waals surface area contributed by atoms with Gasteiger partial charge in [0.1, 0.15) is 5.41 Å². The predicted octanol–water partition coefficient (Wildman–Crippen LogP) is 1.31. The Bertz CT molecular complexity index is 182. The predicted molar refractivity (Wildman–Crippen MR) is 32.0 cm³/mol. The molecule has 2 atom stereocenters. The molecule has 0 aromatic heterocycles. The minimum Gasteiger partial charge on any atom is -0.197 e. The van der Waals surface area contributed by atoms with Crippen LogP contribution in [0, 0.1) is 39.9 Å². The highest BCUT2D eigenvalue weighted by Gasteiger charge is 2.61. The van der Waals surface area contributed by atoms with Crippen molar-refractivity contribution in [1.82, 2.24) is 0 Å². The molecule has 0 aromatic rings. The zero-order valence-electron chi connectivity index (χ0n) is 5.55. The summed E-state index contributed by atoms with van der Waals surface area (Å²) in [5.74, 6) is 0.542. The third kappa shape index (κ3) is 0.481. The molecule has 0 spiro atoms. The Morgan fingerprint density at radius 3 is 1.44 bits per heavy atom. The van der Waals surface area contributed by atoms with E-state index in [4.69, 9.17) is 10.5 Å². The fraction of sp³-hybridized carbons (Fsp3) is 0.714. The summed E-state index contributed by atoms with van der Waals surface area (Å²) in [6.07, 6.45) is 0. The van der Waals surface area contributed by atoms with Crippen molar-refractivity contribution in [3.63, 3.8) is 0 Å². The highest BCUT2D eigenvalue weighted by atomic mass is 14.6. The summed E-state index contributed by atoms with van der Waals surface area (Å²) in [7, 11) is 0. The van der Waals surface area contributed by atoms with Crippen molar-refractivity contribution in [3.05, 3.63) is 0 Å². The van der Waals surface area contributed by atoms with Crippen LogP contribution in [0.25, 0.3) is 0 Å². The van der Waals surface area contributed by atoms with Crippen LogP contribution in [-0.2, 0) is 0 Å². The van der Waals surface area contributed by atoms with E-state index in [-0.39, 0.29) is 11.8 Å². The van der Waals surface area contributed by atoms with E-state index in [1.807, 2.05) is 26.0 Å². The Morgan fingerprint density at radius 1 is 1.11 bits per heavy atom. The molecule has 1 fully saturated rings. The van der Waals surface area contributed by atoms with Crippen molar-refractivity contribution in [1.29, 1.82) is 10.5 Å². The summed E-state index contributed by atoms with van der Waals surface area (Å²) >= 11 is 0. The lowest BCUT2D eigenvalue weighted by Crippen LogP contribution is -1.94. The summed E-state index contributed by atoms with van der Waals surface area (Å²) in [6, 6.07) is 4.08. The van der Waals surface area contributed by atoms with Crippen LogP contribution in [0.5, 0.6) is 0 Å². The molecular formula is C7H8N2. The molecule has 1 aliphatic rings. The van der Waals surface area contributed by atoms with Gasteiger partial charge in [-0.15, -0.1) is 0 Å². The van der Waals surface area contributed by atoms with Gasteiger partial charge in [0.25, 0.3) is 0 Å². The van der Waals surface area contributed by atoms with Crippen LogP contribution in [0.15, 0.2) is 0 Å². The second kappa shape index (κ2) is 1.48. The van der Waals surface area contributed by atoms with E-state index >= 15 is 0 Å². The van der Waals surface area contributed by atoms with Crippen molar-refractivity contribution in [2.24, 2.45) is 17.3 Å². The van der Waals surface area contributed by atoms with Crippen molar-refractivity contribution < 1.29 is 0 Å². The van der Waals surface area contributed by atoms with Gasteiger partial charge >= 0.3 is 0 Å². The average molecular weight is 120 g/mol.